The van der Waals surface area contributed by atoms with Crippen LogP contribution < -0.4 is 0 Å². The molecule has 1 aliphatic carbocycles. The smallest absolute Gasteiger partial charge is 0.137 e. The van der Waals surface area contributed by atoms with Gasteiger partial charge in [0.2, 0.25) is 0 Å². The Hall–Kier alpha value is -0.450. The molecular formula is C14H18BrFO2. The fraction of sp³-hybridized carbons (Fsp3) is 0.571. The maximum Gasteiger partial charge on any atom is 0.137 e. The lowest BCUT2D eigenvalue weighted by molar-refractivity contribution is -0.0427. The molecule has 0 atom stereocenters. The summed E-state index contributed by atoms with van der Waals surface area (Å²) in [5.41, 5.74) is 0.286. The second-order valence-corrected chi connectivity index (χ2v) is 5.94. The minimum atomic E-state index is -0.674. The highest BCUT2D eigenvalue weighted by atomic mass is 79.9. The molecule has 0 saturated heterocycles. The van der Waals surface area contributed by atoms with Gasteiger partial charge in [0.05, 0.1) is 16.2 Å². The van der Waals surface area contributed by atoms with Crippen molar-refractivity contribution in [3.05, 3.63) is 34.1 Å². The lowest BCUT2D eigenvalue weighted by Crippen LogP contribution is -2.38. The highest BCUT2D eigenvalue weighted by molar-refractivity contribution is 9.10. The van der Waals surface area contributed by atoms with Gasteiger partial charge >= 0.3 is 0 Å². The summed E-state index contributed by atoms with van der Waals surface area (Å²) in [5.74, 6) is -0.270. The van der Waals surface area contributed by atoms with Gasteiger partial charge < -0.3 is 9.84 Å². The van der Waals surface area contributed by atoms with Gasteiger partial charge in [0.1, 0.15) is 5.82 Å². The van der Waals surface area contributed by atoms with Crippen molar-refractivity contribution in [1.82, 2.24) is 0 Å². The number of halogens is 2. The predicted molar refractivity (Wildman–Crippen MR) is 72.0 cm³/mol. The topological polar surface area (TPSA) is 29.5 Å². The SMILES string of the molecule is COC1CCC(O)(Cc2ccc(F)c(Br)c2)CC1. The maximum atomic E-state index is 13.1. The van der Waals surface area contributed by atoms with Crippen LogP contribution in [-0.2, 0) is 11.2 Å². The molecule has 0 heterocycles. The normalized spacial score (nSPS) is 28.3. The van der Waals surface area contributed by atoms with Crippen molar-refractivity contribution in [3.63, 3.8) is 0 Å². The van der Waals surface area contributed by atoms with E-state index < -0.39 is 5.60 Å². The van der Waals surface area contributed by atoms with Crippen LogP contribution in [0.3, 0.4) is 0 Å². The van der Waals surface area contributed by atoms with E-state index in [0.29, 0.717) is 10.9 Å². The van der Waals surface area contributed by atoms with Crippen LogP contribution in [0.1, 0.15) is 31.2 Å². The molecule has 100 valence electrons. The summed E-state index contributed by atoms with van der Waals surface area (Å²) >= 11 is 3.17. The van der Waals surface area contributed by atoms with E-state index in [4.69, 9.17) is 4.74 Å². The Kier molecular flexibility index (Phi) is 4.41. The van der Waals surface area contributed by atoms with E-state index in [1.165, 1.54) is 6.07 Å². The van der Waals surface area contributed by atoms with E-state index in [-0.39, 0.29) is 11.9 Å². The average Bonchev–Trinajstić information content (AvgIpc) is 2.35. The highest BCUT2D eigenvalue weighted by Gasteiger charge is 2.33. The number of hydrogen-bond acceptors (Lipinski definition) is 2. The van der Waals surface area contributed by atoms with Gasteiger partial charge in [-0.15, -0.1) is 0 Å². The maximum absolute atomic E-state index is 13.1. The molecule has 0 spiro atoms. The third-order valence-corrected chi connectivity index (χ3v) is 4.32. The van der Waals surface area contributed by atoms with Gasteiger partial charge in [0.15, 0.2) is 0 Å². The standard InChI is InChI=1S/C14H18BrFO2/c1-18-11-4-6-14(17,7-5-11)9-10-2-3-13(16)12(15)8-10/h2-3,8,11,17H,4-7,9H2,1H3. The summed E-state index contributed by atoms with van der Waals surface area (Å²) in [6, 6.07) is 4.92. The average molecular weight is 317 g/mol. The molecule has 1 saturated carbocycles. The number of methoxy groups -OCH3 is 1. The summed E-state index contributed by atoms with van der Waals surface area (Å²) in [5, 5.41) is 10.5. The minimum absolute atomic E-state index is 0.269. The Morgan fingerprint density at radius 3 is 2.67 bits per heavy atom. The first-order valence-corrected chi connectivity index (χ1v) is 7.01. The van der Waals surface area contributed by atoms with Crippen LogP contribution in [-0.4, -0.2) is 23.9 Å². The molecule has 0 aromatic heterocycles. The van der Waals surface area contributed by atoms with E-state index in [1.807, 2.05) is 0 Å². The molecule has 1 N–H and O–H groups in total. The van der Waals surface area contributed by atoms with Crippen molar-refractivity contribution in [2.75, 3.05) is 7.11 Å². The van der Waals surface area contributed by atoms with Crippen LogP contribution in [0.5, 0.6) is 0 Å². The molecule has 1 fully saturated rings. The van der Waals surface area contributed by atoms with Crippen molar-refractivity contribution < 1.29 is 14.2 Å². The zero-order valence-corrected chi connectivity index (χ0v) is 12.0. The van der Waals surface area contributed by atoms with E-state index in [1.54, 1.807) is 19.2 Å². The predicted octanol–water partition coefficient (Wildman–Crippen LogP) is 3.45. The van der Waals surface area contributed by atoms with Gasteiger partial charge in [-0.1, -0.05) is 6.07 Å². The first kappa shape index (κ1) is 14.0. The van der Waals surface area contributed by atoms with Gasteiger partial charge in [-0.25, -0.2) is 4.39 Å². The summed E-state index contributed by atoms with van der Waals surface area (Å²) in [7, 11) is 1.71. The molecule has 1 aromatic rings. The van der Waals surface area contributed by atoms with Gasteiger partial charge in [-0.05, 0) is 59.3 Å². The summed E-state index contributed by atoms with van der Waals surface area (Å²) in [6.07, 6.45) is 4.08. The van der Waals surface area contributed by atoms with Crippen molar-refractivity contribution in [2.24, 2.45) is 0 Å². The van der Waals surface area contributed by atoms with Crippen LogP contribution >= 0.6 is 15.9 Å². The van der Waals surface area contributed by atoms with Crippen LogP contribution in [0.15, 0.2) is 22.7 Å². The van der Waals surface area contributed by atoms with Gasteiger partial charge in [-0.3, -0.25) is 0 Å². The molecule has 18 heavy (non-hydrogen) atoms. The van der Waals surface area contributed by atoms with Crippen LogP contribution in [0.2, 0.25) is 0 Å². The second-order valence-electron chi connectivity index (χ2n) is 5.08. The summed E-state index contributed by atoms with van der Waals surface area (Å²) in [4.78, 5) is 0. The van der Waals surface area contributed by atoms with Crippen molar-refractivity contribution >= 4 is 15.9 Å². The van der Waals surface area contributed by atoms with Crippen LogP contribution in [0.25, 0.3) is 0 Å². The van der Waals surface area contributed by atoms with Crippen LogP contribution in [0.4, 0.5) is 4.39 Å². The second kappa shape index (κ2) is 5.68. The van der Waals surface area contributed by atoms with E-state index in [0.717, 1.165) is 31.2 Å². The molecule has 2 nitrogen and oxygen atoms in total. The minimum Gasteiger partial charge on any atom is -0.390 e. The quantitative estimate of drug-likeness (QED) is 0.925. The molecule has 4 heteroatoms. The van der Waals surface area contributed by atoms with E-state index in [9.17, 15) is 9.50 Å². The Morgan fingerprint density at radius 1 is 1.44 bits per heavy atom. The molecule has 1 aliphatic rings. The fourth-order valence-electron chi connectivity index (χ4n) is 2.57. The molecule has 2 rings (SSSR count). The zero-order chi connectivity index (χ0) is 13.2. The monoisotopic (exact) mass is 316 g/mol. The lowest BCUT2D eigenvalue weighted by atomic mass is 9.79. The van der Waals surface area contributed by atoms with Crippen molar-refractivity contribution in [3.8, 4) is 0 Å². The van der Waals surface area contributed by atoms with Crippen LogP contribution in [0, 0.1) is 5.82 Å². The Bertz CT molecular complexity index is 414. The Morgan fingerprint density at radius 2 is 2.11 bits per heavy atom. The third kappa shape index (κ3) is 3.31. The fourth-order valence-corrected chi connectivity index (χ4v) is 3.00. The Labute approximate surface area is 115 Å². The molecule has 0 amide bonds. The number of hydrogen-bond donors (Lipinski definition) is 1. The first-order chi connectivity index (χ1) is 8.52. The molecular weight excluding hydrogens is 299 g/mol. The van der Waals surface area contributed by atoms with E-state index >= 15 is 0 Å². The number of aliphatic hydroxyl groups is 1. The molecule has 0 radical (unpaired) electrons. The summed E-state index contributed by atoms with van der Waals surface area (Å²) < 4.78 is 18.9. The number of benzene rings is 1. The van der Waals surface area contributed by atoms with Gasteiger partial charge in [0.25, 0.3) is 0 Å². The lowest BCUT2D eigenvalue weighted by Gasteiger charge is -2.35. The van der Waals surface area contributed by atoms with Crippen molar-refractivity contribution in [2.45, 2.75) is 43.8 Å². The highest BCUT2D eigenvalue weighted by Crippen LogP contribution is 2.33. The molecule has 0 unspecified atom stereocenters. The van der Waals surface area contributed by atoms with Gasteiger partial charge in [-0.2, -0.15) is 0 Å². The van der Waals surface area contributed by atoms with Crippen molar-refractivity contribution in [1.29, 1.82) is 0 Å². The zero-order valence-electron chi connectivity index (χ0n) is 10.5. The third-order valence-electron chi connectivity index (χ3n) is 3.71. The summed E-state index contributed by atoms with van der Waals surface area (Å²) in [6.45, 7) is 0. The molecule has 0 bridgehead atoms. The number of ether oxygens (including phenoxy) is 1. The molecule has 0 aliphatic heterocycles. The van der Waals surface area contributed by atoms with Gasteiger partial charge in [0, 0.05) is 13.5 Å². The Balaban J connectivity index is 2.02. The van der Waals surface area contributed by atoms with E-state index in [2.05, 4.69) is 15.9 Å². The largest absolute Gasteiger partial charge is 0.390 e. The molecule has 1 aromatic carbocycles. The first-order valence-electron chi connectivity index (χ1n) is 6.21. The number of rotatable bonds is 3.